The van der Waals surface area contributed by atoms with Crippen molar-refractivity contribution in [2.24, 2.45) is 0 Å². The summed E-state index contributed by atoms with van der Waals surface area (Å²) in [5, 5.41) is 13.5. The molecule has 0 unspecified atom stereocenters. The van der Waals surface area contributed by atoms with E-state index in [1.54, 1.807) is 18.3 Å². The van der Waals surface area contributed by atoms with Crippen LogP contribution in [-0.4, -0.2) is 16.1 Å². The molecule has 0 spiro atoms. The number of aromatic carboxylic acids is 1. The molecule has 0 radical (unpaired) electrons. The van der Waals surface area contributed by atoms with E-state index in [0.717, 1.165) is 10.6 Å². The maximum Gasteiger partial charge on any atom is 0.347 e. The summed E-state index contributed by atoms with van der Waals surface area (Å²) in [6.07, 6.45) is 0. The number of nitrogens with zero attached hydrogens (tertiary/aromatic N) is 1. The van der Waals surface area contributed by atoms with Gasteiger partial charge in [-0.15, -0.1) is 11.3 Å². The zero-order valence-corrected chi connectivity index (χ0v) is 8.98. The number of rotatable bonds is 2. The van der Waals surface area contributed by atoms with Crippen molar-refractivity contribution in [3.63, 3.8) is 0 Å². The summed E-state index contributed by atoms with van der Waals surface area (Å²) in [4.78, 5) is 15.3. The van der Waals surface area contributed by atoms with Gasteiger partial charge in [0.25, 0.3) is 0 Å². The minimum atomic E-state index is -0.901. The molecule has 0 aliphatic heterocycles. The number of thiophene rings is 1. The van der Waals surface area contributed by atoms with Gasteiger partial charge in [0.15, 0.2) is 0 Å². The molecular formula is C9H7NO2S2. The second-order valence-corrected chi connectivity index (χ2v) is 4.53. The number of hydrogen-bond acceptors (Lipinski definition) is 4. The molecule has 2 aromatic heterocycles. The Hall–Kier alpha value is -1.20. The van der Waals surface area contributed by atoms with Gasteiger partial charge in [-0.3, -0.25) is 0 Å². The predicted molar refractivity (Wildman–Crippen MR) is 57.1 cm³/mol. The molecule has 0 fully saturated rings. The Bertz CT molecular complexity index is 459. The monoisotopic (exact) mass is 225 g/mol. The van der Waals surface area contributed by atoms with Gasteiger partial charge >= 0.3 is 5.97 Å². The van der Waals surface area contributed by atoms with E-state index in [0.29, 0.717) is 10.6 Å². The van der Waals surface area contributed by atoms with Gasteiger partial charge in [0.2, 0.25) is 0 Å². The van der Waals surface area contributed by atoms with Crippen molar-refractivity contribution in [3.8, 4) is 10.6 Å². The molecule has 0 aromatic carbocycles. The van der Waals surface area contributed by atoms with Gasteiger partial charge < -0.3 is 5.11 Å². The fourth-order valence-electron chi connectivity index (χ4n) is 1.10. The highest BCUT2D eigenvalue weighted by Gasteiger charge is 2.14. The Labute approximate surface area is 88.7 Å². The summed E-state index contributed by atoms with van der Waals surface area (Å²) in [5.41, 5.74) is 1.58. The molecule has 2 rings (SSSR count). The first-order valence-electron chi connectivity index (χ1n) is 3.92. The van der Waals surface area contributed by atoms with Crippen LogP contribution in [0.5, 0.6) is 0 Å². The molecule has 72 valence electrons. The molecule has 2 heterocycles. The van der Waals surface area contributed by atoms with Gasteiger partial charge in [-0.2, -0.15) is 11.3 Å². The van der Waals surface area contributed by atoms with Gasteiger partial charge in [0.1, 0.15) is 9.88 Å². The number of aryl methyl sites for hydroxylation is 1. The van der Waals surface area contributed by atoms with Crippen LogP contribution in [0.15, 0.2) is 16.8 Å². The highest BCUT2D eigenvalue weighted by atomic mass is 32.1. The molecular weight excluding hydrogens is 218 g/mol. The number of thiazole rings is 1. The first kappa shape index (κ1) is 9.36. The van der Waals surface area contributed by atoms with E-state index in [1.165, 1.54) is 11.3 Å². The molecule has 1 N–H and O–H groups in total. The summed E-state index contributed by atoms with van der Waals surface area (Å²) in [6.45, 7) is 1.72. The first-order chi connectivity index (χ1) is 6.68. The van der Waals surface area contributed by atoms with Gasteiger partial charge in [-0.05, 0) is 18.4 Å². The molecule has 5 heteroatoms. The standard InChI is InChI=1S/C9H7NO2S2/c1-5-7(9(11)12)14-8(10-5)6-2-3-13-4-6/h2-4H,1H3,(H,11,12). The minimum Gasteiger partial charge on any atom is -0.477 e. The zero-order valence-electron chi connectivity index (χ0n) is 7.35. The molecule has 0 saturated heterocycles. The third-order valence-corrected chi connectivity index (χ3v) is 3.64. The second-order valence-electron chi connectivity index (χ2n) is 2.75. The van der Waals surface area contributed by atoms with Crippen molar-refractivity contribution in [3.05, 3.63) is 27.4 Å². The van der Waals surface area contributed by atoms with Crippen LogP contribution in [0.25, 0.3) is 10.6 Å². The number of carbonyl (C=O) groups is 1. The molecule has 0 atom stereocenters. The maximum absolute atomic E-state index is 10.8. The third kappa shape index (κ3) is 1.56. The Morgan fingerprint density at radius 3 is 2.86 bits per heavy atom. The lowest BCUT2D eigenvalue weighted by atomic mass is 10.3. The van der Waals surface area contributed by atoms with Gasteiger partial charge in [0.05, 0.1) is 5.69 Å². The van der Waals surface area contributed by atoms with Crippen molar-refractivity contribution >= 4 is 28.6 Å². The van der Waals surface area contributed by atoms with Crippen LogP contribution in [-0.2, 0) is 0 Å². The lowest BCUT2D eigenvalue weighted by Crippen LogP contribution is -1.94. The smallest absolute Gasteiger partial charge is 0.347 e. The van der Waals surface area contributed by atoms with Crippen molar-refractivity contribution in [1.82, 2.24) is 4.98 Å². The van der Waals surface area contributed by atoms with Crippen LogP contribution in [0.4, 0.5) is 0 Å². The maximum atomic E-state index is 10.8. The van der Waals surface area contributed by atoms with Gasteiger partial charge in [0, 0.05) is 10.9 Å². The summed E-state index contributed by atoms with van der Waals surface area (Å²) in [5.74, 6) is -0.901. The van der Waals surface area contributed by atoms with E-state index in [1.807, 2.05) is 16.8 Å². The Morgan fingerprint density at radius 1 is 1.57 bits per heavy atom. The van der Waals surface area contributed by atoms with Gasteiger partial charge in [-0.25, -0.2) is 9.78 Å². The van der Waals surface area contributed by atoms with Crippen LogP contribution in [0, 0.1) is 6.92 Å². The molecule has 0 amide bonds. The molecule has 0 saturated carbocycles. The van der Waals surface area contributed by atoms with E-state index in [-0.39, 0.29) is 0 Å². The zero-order chi connectivity index (χ0) is 10.1. The van der Waals surface area contributed by atoms with Crippen LogP contribution in [0.3, 0.4) is 0 Å². The molecule has 0 bridgehead atoms. The quantitative estimate of drug-likeness (QED) is 0.855. The topological polar surface area (TPSA) is 50.2 Å². The Kier molecular flexibility index (Phi) is 2.35. The largest absolute Gasteiger partial charge is 0.477 e. The summed E-state index contributed by atoms with van der Waals surface area (Å²) >= 11 is 2.80. The van der Waals surface area contributed by atoms with E-state index < -0.39 is 5.97 Å². The van der Waals surface area contributed by atoms with E-state index >= 15 is 0 Å². The fourth-order valence-corrected chi connectivity index (χ4v) is 2.72. The Balaban J connectivity index is 2.48. The molecule has 0 aliphatic rings. The van der Waals surface area contributed by atoms with Crippen LogP contribution in [0.2, 0.25) is 0 Å². The number of aromatic nitrogens is 1. The molecule has 3 nitrogen and oxygen atoms in total. The first-order valence-corrected chi connectivity index (χ1v) is 5.67. The van der Waals surface area contributed by atoms with E-state index in [9.17, 15) is 4.79 Å². The van der Waals surface area contributed by atoms with Crippen molar-refractivity contribution < 1.29 is 9.90 Å². The lowest BCUT2D eigenvalue weighted by molar-refractivity contribution is 0.0701. The van der Waals surface area contributed by atoms with Crippen molar-refractivity contribution in [2.45, 2.75) is 6.92 Å². The summed E-state index contributed by atoms with van der Waals surface area (Å²) < 4.78 is 0. The van der Waals surface area contributed by atoms with Gasteiger partial charge in [-0.1, -0.05) is 0 Å². The molecule has 2 aromatic rings. The average molecular weight is 225 g/mol. The highest BCUT2D eigenvalue weighted by molar-refractivity contribution is 7.17. The normalized spacial score (nSPS) is 10.4. The summed E-state index contributed by atoms with van der Waals surface area (Å²) in [7, 11) is 0. The fraction of sp³-hybridized carbons (Fsp3) is 0.111. The van der Waals surface area contributed by atoms with E-state index in [2.05, 4.69) is 4.98 Å². The SMILES string of the molecule is Cc1nc(-c2ccsc2)sc1C(=O)O. The van der Waals surface area contributed by atoms with Crippen LogP contribution < -0.4 is 0 Å². The van der Waals surface area contributed by atoms with Crippen LogP contribution >= 0.6 is 22.7 Å². The molecule has 14 heavy (non-hydrogen) atoms. The molecule has 0 aliphatic carbocycles. The lowest BCUT2D eigenvalue weighted by Gasteiger charge is -1.85. The van der Waals surface area contributed by atoms with E-state index in [4.69, 9.17) is 5.11 Å². The predicted octanol–water partition coefficient (Wildman–Crippen LogP) is 2.88. The number of carboxylic acid groups (broad SMARTS) is 1. The van der Waals surface area contributed by atoms with Crippen LogP contribution in [0.1, 0.15) is 15.4 Å². The Morgan fingerprint density at radius 2 is 2.36 bits per heavy atom. The average Bonchev–Trinajstić information content (AvgIpc) is 2.70. The van der Waals surface area contributed by atoms with Crippen molar-refractivity contribution in [1.29, 1.82) is 0 Å². The number of hydrogen-bond donors (Lipinski definition) is 1. The number of carboxylic acids is 1. The summed E-state index contributed by atoms with van der Waals surface area (Å²) in [6, 6.07) is 1.94. The van der Waals surface area contributed by atoms with Crippen molar-refractivity contribution in [2.75, 3.05) is 0 Å². The second kappa shape index (κ2) is 3.51. The third-order valence-electron chi connectivity index (χ3n) is 1.76. The highest BCUT2D eigenvalue weighted by Crippen LogP contribution is 2.29. The minimum absolute atomic E-state index is 0.325.